The first-order valence-corrected chi connectivity index (χ1v) is 7.96. The van der Waals surface area contributed by atoms with Gasteiger partial charge in [-0.15, -0.1) is 11.3 Å². The van der Waals surface area contributed by atoms with Crippen LogP contribution in [0.1, 0.15) is 55.1 Å². The van der Waals surface area contributed by atoms with Gasteiger partial charge in [0.1, 0.15) is 4.88 Å². The quantitative estimate of drug-likeness (QED) is 0.641. The second kappa shape index (κ2) is 6.80. The average molecular weight is 281 g/mol. The van der Waals surface area contributed by atoms with Gasteiger partial charge in [0.25, 0.3) is 5.91 Å². The highest BCUT2D eigenvalue weighted by Crippen LogP contribution is 2.30. The maximum absolute atomic E-state index is 11.9. The molecule has 1 aromatic heterocycles. The van der Waals surface area contributed by atoms with Crippen molar-refractivity contribution in [1.29, 1.82) is 0 Å². The molecule has 1 fully saturated rings. The van der Waals surface area contributed by atoms with E-state index in [9.17, 15) is 4.79 Å². The minimum absolute atomic E-state index is 0.0240. The van der Waals surface area contributed by atoms with Gasteiger partial charge in [-0.2, -0.15) is 0 Å². The third-order valence-electron chi connectivity index (χ3n) is 3.21. The Hall–Kier alpha value is -1.23. The van der Waals surface area contributed by atoms with Crippen LogP contribution in [0.4, 0.5) is 10.7 Å². The van der Waals surface area contributed by atoms with Gasteiger partial charge in [-0.3, -0.25) is 4.79 Å². The highest BCUT2D eigenvalue weighted by atomic mass is 32.1. The third-order valence-corrected chi connectivity index (χ3v) is 4.32. The molecule has 2 rings (SSSR count). The molecule has 4 N–H and O–H groups in total. The molecular weight excluding hydrogens is 258 g/mol. The van der Waals surface area contributed by atoms with Gasteiger partial charge in [-0.1, -0.05) is 26.2 Å². The first kappa shape index (κ1) is 14.2. The van der Waals surface area contributed by atoms with Crippen molar-refractivity contribution in [3.8, 4) is 0 Å². The molecule has 0 spiro atoms. The predicted octanol–water partition coefficient (Wildman–Crippen LogP) is 3.21. The zero-order chi connectivity index (χ0) is 13.7. The van der Waals surface area contributed by atoms with Crippen LogP contribution in [-0.2, 0) is 0 Å². The molecule has 1 aliphatic carbocycles. The highest BCUT2D eigenvalue weighted by molar-refractivity contribution is 7.18. The fourth-order valence-electron chi connectivity index (χ4n) is 1.91. The molecular formula is C14H23N3OS. The van der Waals surface area contributed by atoms with E-state index in [0.29, 0.717) is 16.6 Å². The number of carbonyl (C=O) groups is 1. The lowest BCUT2D eigenvalue weighted by Crippen LogP contribution is -2.25. The average Bonchev–Trinajstić information content (AvgIpc) is 3.11. The molecule has 1 saturated carbocycles. The Bertz CT molecular complexity index is 426. The SMILES string of the molecule is CCCCCCNc1cc(N)c(C(=O)NC2CC2)s1. The lowest BCUT2D eigenvalue weighted by molar-refractivity contribution is 0.0956. The maximum Gasteiger partial charge on any atom is 0.263 e. The summed E-state index contributed by atoms with van der Waals surface area (Å²) >= 11 is 1.45. The zero-order valence-electron chi connectivity index (χ0n) is 11.5. The molecule has 0 radical (unpaired) electrons. The molecule has 0 unspecified atom stereocenters. The molecule has 0 aliphatic heterocycles. The summed E-state index contributed by atoms with van der Waals surface area (Å²) in [6.45, 7) is 3.15. The first-order chi connectivity index (χ1) is 9.20. The summed E-state index contributed by atoms with van der Waals surface area (Å²) in [5, 5.41) is 7.31. The van der Waals surface area contributed by atoms with Gasteiger partial charge in [0, 0.05) is 12.6 Å². The van der Waals surface area contributed by atoms with Crippen molar-refractivity contribution in [2.75, 3.05) is 17.6 Å². The van der Waals surface area contributed by atoms with E-state index in [2.05, 4.69) is 17.6 Å². The molecule has 0 bridgehead atoms. The Balaban J connectivity index is 1.80. The summed E-state index contributed by atoms with van der Waals surface area (Å²) < 4.78 is 0. The second-order valence-electron chi connectivity index (χ2n) is 5.13. The fourth-order valence-corrected chi connectivity index (χ4v) is 2.82. The number of amides is 1. The number of thiophene rings is 1. The Morgan fingerprint density at radius 1 is 1.42 bits per heavy atom. The van der Waals surface area contributed by atoms with Crippen molar-refractivity contribution in [1.82, 2.24) is 5.32 Å². The Morgan fingerprint density at radius 2 is 2.21 bits per heavy atom. The lowest BCUT2D eigenvalue weighted by atomic mass is 10.2. The van der Waals surface area contributed by atoms with Crippen LogP contribution in [0.25, 0.3) is 0 Å². The molecule has 106 valence electrons. The number of rotatable bonds is 8. The van der Waals surface area contributed by atoms with Crippen molar-refractivity contribution in [2.45, 2.75) is 51.5 Å². The van der Waals surface area contributed by atoms with Crippen LogP contribution in [0.15, 0.2) is 6.07 Å². The monoisotopic (exact) mass is 281 g/mol. The molecule has 19 heavy (non-hydrogen) atoms. The number of nitrogen functional groups attached to an aromatic ring is 1. The molecule has 0 aromatic carbocycles. The van der Waals surface area contributed by atoms with Crippen molar-refractivity contribution < 1.29 is 4.79 Å². The summed E-state index contributed by atoms with van der Waals surface area (Å²) in [7, 11) is 0. The smallest absolute Gasteiger partial charge is 0.263 e. The van der Waals surface area contributed by atoms with E-state index >= 15 is 0 Å². The number of hydrogen-bond donors (Lipinski definition) is 3. The molecule has 1 amide bonds. The third kappa shape index (κ3) is 4.42. The van der Waals surface area contributed by atoms with Gasteiger partial charge in [0.2, 0.25) is 0 Å². The van der Waals surface area contributed by atoms with Crippen LogP contribution in [0.2, 0.25) is 0 Å². The number of carbonyl (C=O) groups excluding carboxylic acids is 1. The van der Waals surface area contributed by atoms with Crippen molar-refractivity contribution in [3.63, 3.8) is 0 Å². The van der Waals surface area contributed by atoms with E-state index in [1.54, 1.807) is 0 Å². The number of hydrogen-bond acceptors (Lipinski definition) is 4. The van der Waals surface area contributed by atoms with Crippen LogP contribution in [-0.4, -0.2) is 18.5 Å². The molecule has 1 aromatic rings. The fraction of sp³-hybridized carbons (Fsp3) is 0.643. The minimum atomic E-state index is -0.0240. The van der Waals surface area contributed by atoms with Gasteiger partial charge in [0.15, 0.2) is 0 Å². The topological polar surface area (TPSA) is 67.1 Å². The largest absolute Gasteiger partial charge is 0.397 e. The summed E-state index contributed by atoms with van der Waals surface area (Å²) in [5.74, 6) is -0.0240. The van der Waals surface area contributed by atoms with Gasteiger partial charge in [-0.05, 0) is 25.3 Å². The van der Waals surface area contributed by atoms with Gasteiger partial charge < -0.3 is 16.4 Å². The standard InChI is InChI=1S/C14H23N3OS/c1-2-3-4-5-8-16-12-9-11(15)13(19-12)14(18)17-10-6-7-10/h9-10,16H,2-8,15H2,1H3,(H,17,18). The molecule has 1 heterocycles. The van der Waals surface area contributed by atoms with E-state index in [1.165, 1.54) is 30.6 Å². The minimum Gasteiger partial charge on any atom is -0.397 e. The normalized spacial score (nSPS) is 14.4. The van der Waals surface area contributed by atoms with Gasteiger partial charge in [0.05, 0.1) is 10.7 Å². The number of nitrogens with two attached hydrogens (primary N) is 1. The number of nitrogens with one attached hydrogen (secondary N) is 2. The van der Waals surface area contributed by atoms with E-state index in [0.717, 1.165) is 30.8 Å². The molecule has 1 aliphatic rings. The summed E-state index contributed by atoms with van der Waals surface area (Å²) in [5.41, 5.74) is 6.48. The zero-order valence-corrected chi connectivity index (χ0v) is 12.3. The van der Waals surface area contributed by atoms with E-state index in [1.807, 2.05) is 6.07 Å². The van der Waals surface area contributed by atoms with Crippen LogP contribution in [0.5, 0.6) is 0 Å². The van der Waals surface area contributed by atoms with Crippen molar-refractivity contribution in [3.05, 3.63) is 10.9 Å². The predicted molar refractivity (Wildman–Crippen MR) is 81.9 cm³/mol. The van der Waals surface area contributed by atoms with Crippen LogP contribution in [0.3, 0.4) is 0 Å². The Labute approximate surface area is 118 Å². The second-order valence-corrected chi connectivity index (χ2v) is 6.18. The Morgan fingerprint density at radius 3 is 2.89 bits per heavy atom. The van der Waals surface area contributed by atoms with E-state index < -0.39 is 0 Å². The van der Waals surface area contributed by atoms with E-state index in [-0.39, 0.29) is 5.91 Å². The van der Waals surface area contributed by atoms with Crippen LogP contribution in [0, 0.1) is 0 Å². The molecule has 0 saturated heterocycles. The van der Waals surface area contributed by atoms with Crippen molar-refractivity contribution in [2.24, 2.45) is 0 Å². The number of unbranched alkanes of at least 4 members (excludes halogenated alkanes) is 3. The first-order valence-electron chi connectivity index (χ1n) is 7.14. The summed E-state index contributed by atoms with van der Waals surface area (Å²) in [6, 6.07) is 2.24. The molecule has 5 heteroatoms. The summed E-state index contributed by atoms with van der Waals surface area (Å²) in [6.07, 6.45) is 7.13. The van der Waals surface area contributed by atoms with Gasteiger partial charge >= 0.3 is 0 Å². The lowest BCUT2D eigenvalue weighted by Gasteiger charge is -2.02. The maximum atomic E-state index is 11.9. The van der Waals surface area contributed by atoms with E-state index in [4.69, 9.17) is 5.73 Å². The summed E-state index contributed by atoms with van der Waals surface area (Å²) in [4.78, 5) is 12.6. The van der Waals surface area contributed by atoms with Crippen LogP contribution < -0.4 is 16.4 Å². The number of anilines is 2. The van der Waals surface area contributed by atoms with Gasteiger partial charge in [-0.25, -0.2) is 0 Å². The van der Waals surface area contributed by atoms with Crippen LogP contribution >= 0.6 is 11.3 Å². The highest BCUT2D eigenvalue weighted by Gasteiger charge is 2.25. The molecule has 4 nitrogen and oxygen atoms in total. The van der Waals surface area contributed by atoms with Crippen molar-refractivity contribution >= 4 is 27.9 Å². The molecule has 0 atom stereocenters. The Kier molecular flexibility index (Phi) is 5.07.